The number of alkyl halides is 1. The Kier molecular flexibility index (Phi) is 1.77. The summed E-state index contributed by atoms with van der Waals surface area (Å²) in [7, 11) is 0. The second-order valence-corrected chi connectivity index (χ2v) is 3.11. The van der Waals surface area contributed by atoms with E-state index >= 15 is 0 Å². The van der Waals surface area contributed by atoms with Crippen molar-refractivity contribution in [2.24, 2.45) is 0 Å². The van der Waals surface area contributed by atoms with Gasteiger partial charge in [0.15, 0.2) is 0 Å². The lowest BCUT2D eigenvalue weighted by atomic mass is 10.2. The summed E-state index contributed by atoms with van der Waals surface area (Å²) in [5, 5.41) is 0.748. The van der Waals surface area contributed by atoms with E-state index in [1.165, 1.54) is 0 Å². The molecule has 3 nitrogen and oxygen atoms in total. The van der Waals surface area contributed by atoms with Crippen molar-refractivity contribution in [3.05, 3.63) is 34.2 Å². The number of fused-ring (bicyclic) bond motifs is 1. The number of aromatic amines is 2. The van der Waals surface area contributed by atoms with Gasteiger partial charge in [-0.3, -0.25) is 0 Å². The van der Waals surface area contributed by atoms with Crippen LogP contribution in [-0.2, 0) is 5.33 Å². The van der Waals surface area contributed by atoms with Gasteiger partial charge in [0.05, 0.1) is 11.0 Å². The van der Waals surface area contributed by atoms with E-state index < -0.39 is 0 Å². The van der Waals surface area contributed by atoms with Gasteiger partial charge in [-0.05, 0) is 11.6 Å². The van der Waals surface area contributed by atoms with Crippen LogP contribution in [0.25, 0.3) is 11.0 Å². The Morgan fingerprint density at radius 2 is 2.17 bits per heavy atom. The molecule has 1 aromatic heterocycles. The number of halogens is 1. The van der Waals surface area contributed by atoms with Crippen molar-refractivity contribution in [2.45, 2.75) is 5.33 Å². The summed E-state index contributed by atoms with van der Waals surface area (Å²) in [6.45, 7) is 0. The van der Waals surface area contributed by atoms with E-state index in [0.717, 1.165) is 21.9 Å². The van der Waals surface area contributed by atoms with Gasteiger partial charge in [0.25, 0.3) is 0 Å². The van der Waals surface area contributed by atoms with Crippen LogP contribution in [0, 0.1) is 0 Å². The minimum atomic E-state index is -0.154. The molecule has 12 heavy (non-hydrogen) atoms. The van der Waals surface area contributed by atoms with Crippen LogP contribution in [-0.4, -0.2) is 9.97 Å². The van der Waals surface area contributed by atoms with Crippen LogP contribution in [0.1, 0.15) is 5.56 Å². The van der Waals surface area contributed by atoms with Gasteiger partial charge in [-0.25, -0.2) is 4.79 Å². The van der Waals surface area contributed by atoms with Gasteiger partial charge >= 0.3 is 5.69 Å². The molecule has 0 atom stereocenters. The third-order valence-corrected chi connectivity index (χ3v) is 2.39. The van der Waals surface area contributed by atoms with E-state index in [2.05, 4.69) is 25.9 Å². The number of nitrogens with one attached hydrogen (secondary N) is 2. The standard InChI is InChI=1S/C8H7BrN2O/c9-4-5-2-1-3-6-7(5)11-8(12)10-6/h1-3H,4H2,(H2,10,11,12). The molecule has 1 heterocycles. The molecule has 0 aliphatic heterocycles. The molecule has 0 fully saturated rings. The Hall–Kier alpha value is -1.03. The van der Waals surface area contributed by atoms with Crippen LogP contribution >= 0.6 is 15.9 Å². The first-order chi connectivity index (χ1) is 5.81. The Bertz CT molecular complexity index is 457. The third-order valence-electron chi connectivity index (χ3n) is 1.78. The van der Waals surface area contributed by atoms with Crippen molar-refractivity contribution in [3.63, 3.8) is 0 Å². The summed E-state index contributed by atoms with van der Waals surface area (Å²) >= 11 is 3.35. The number of H-pyrrole nitrogens is 2. The summed E-state index contributed by atoms with van der Waals surface area (Å²) in [5.41, 5.74) is 2.68. The van der Waals surface area contributed by atoms with Crippen molar-refractivity contribution in [2.75, 3.05) is 0 Å². The minimum absolute atomic E-state index is 0.154. The van der Waals surface area contributed by atoms with Crippen molar-refractivity contribution in [1.29, 1.82) is 0 Å². The molecule has 0 radical (unpaired) electrons. The maximum atomic E-state index is 10.9. The molecule has 2 aromatic rings. The lowest BCUT2D eigenvalue weighted by Crippen LogP contribution is -1.99. The number of benzene rings is 1. The fourth-order valence-electron chi connectivity index (χ4n) is 1.23. The van der Waals surface area contributed by atoms with Gasteiger partial charge in [-0.1, -0.05) is 28.1 Å². The summed E-state index contributed by atoms with van der Waals surface area (Å²) in [6.07, 6.45) is 0. The van der Waals surface area contributed by atoms with E-state index in [1.54, 1.807) is 0 Å². The van der Waals surface area contributed by atoms with Gasteiger partial charge in [0.1, 0.15) is 0 Å². The van der Waals surface area contributed by atoms with Crippen LogP contribution in [0.5, 0.6) is 0 Å². The number of imidazole rings is 1. The number of aromatic nitrogens is 2. The third kappa shape index (κ3) is 1.08. The number of hydrogen-bond acceptors (Lipinski definition) is 1. The van der Waals surface area contributed by atoms with Crippen molar-refractivity contribution < 1.29 is 0 Å². The highest BCUT2D eigenvalue weighted by Crippen LogP contribution is 2.15. The Balaban J connectivity index is 2.87. The molecule has 0 aliphatic rings. The van der Waals surface area contributed by atoms with Gasteiger partial charge < -0.3 is 9.97 Å². The van der Waals surface area contributed by atoms with Crippen molar-refractivity contribution in [1.82, 2.24) is 9.97 Å². The highest BCUT2D eigenvalue weighted by molar-refractivity contribution is 9.08. The monoisotopic (exact) mass is 226 g/mol. The molecule has 2 N–H and O–H groups in total. The second kappa shape index (κ2) is 2.79. The minimum Gasteiger partial charge on any atom is -0.306 e. The first kappa shape index (κ1) is 7.61. The molecule has 0 amide bonds. The summed E-state index contributed by atoms with van der Waals surface area (Å²) in [6, 6.07) is 5.77. The highest BCUT2D eigenvalue weighted by atomic mass is 79.9. The molecule has 0 saturated carbocycles. The lowest BCUT2D eigenvalue weighted by molar-refractivity contribution is 1.21. The largest absolute Gasteiger partial charge is 0.323 e. The van der Waals surface area contributed by atoms with Crippen molar-refractivity contribution >= 4 is 27.0 Å². The zero-order valence-corrected chi connectivity index (χ0v) is 7.81. The zero-order chi connectivity index (χ0) is 8.55. The van der Waals surface area contributed by atoms with Gasteiger partial charge in [0.2, 0.25) is 0 Å². The number of hydrogen-bond donors (Lipinski definition) is 2. The molecule has 0 aliphatic carbocycles. The van der Waals surface area contributed by atoms with Gasteiger partial charge in [-0.2, -0.15) is 0 Å². The quantitative estimate of drug-likeness (QED) is 0.716. The van der Waals surface area contributed by atoms with Crippen LogP contribution in [0.2, 0.25) is 0 Å². The molecule has 4 heteroatoms. The van der Waals surface area contributed by atoms with E-state index in [0.29, 0.717) is 0 Å². The summed E-state index contributed by atoms with van der Waals surface area (Å²) < 4.78 is 0. The molecule has 0 unspecified atom stereocenters. The smallest absolute Gasteiger partial charge is 0.306 e. The molecular formula is C8H7BrN2O. The Morgan fingerprint density at radius 3 is 2.92 bits per heavy atom. The number of para-hydroxylation sites is 1. The van der Waals surface area contributed by atoms with Crippen molar-refractivity contribution in [3.8, 4) is 0 Å². The SMILES string of the molecule is O=c1[nH]c2cccc(CBr)c2[nH]1. The average molecular weight is 227 g/mol. The van der Waals surface area contributed by atoms with Crippen LogP contribution < -0.4 is 5.69 Å². The zero-order valence-electron chi connectivity index (χ0n) is 6.23. The molecule has 0 bridgehead atoms. The van der Waals surface area contributed by atoms with Gasteiger partial charge in [-0.15, -0.1) is 0 Å². The van der Waals surface area contributed by atoms with E-state index in [9.17, 15) is 4.79 Å². The fourth-order valence-corrected chi connectivity index (χ4v) is 1.70. The van der Waals surface area contributed by atoms with E-state index in [4.69, 9.17) is 0 Å². The maximum absolute atomic E-state index is 10.9. The molecular weight excluding hydrogens is 220 g/mol. The Morgan fingerprint density at radius 1 is 1.33 bits per heavy atom. The molecule has 0 spiro atoms. The first-order valence-electron chi connectivity index (χ1n) is 3.57. The maximum Gasteiger partial charge on any atom is 0.323 e. The topological polar surface area (TPSA) is 48.6 Å². The number of rotatable bonds is 1. The average Bonchev–Trinajstić information content (AvgIpc) is 2.44. The van der Waals surface area contributed by atoms with Gasteiger partial charge in [0, 0.05) is 5.33 Å². The molecule has 62 valence electrons. The molecule has 2 rings (SSSR count). The normalized spacial score (nSPS) is 10.8. The van der Waals surface area contributed by atoms with Crippen LogP contribution in [0.3, 0.4) is 0 Å². The van der Waals surface area contributed by atoms with Crippen LogP contribution in [0.15, 0.2) is 23.0 Å². The molecule has 1 aromatic carbocycles. The molecule has 0 saturated heterocycles. The predicted octanol–water partition coefficient (Wildman–Crippen LogP) is 1.75. The van der Waals surface area contributed by atoms with E-state index in [1.807, 2.05) is 18.2 Å². The van der Waals surface area contributed by atoms with Crippen LogP contribution in [0.4, 0.5) is 0 Å². The highest BCUT2D eigenvalue weighted by Gasteiger charge is 2.01. The lowest BCUT2D eigenvalue weighted by Gasteiger charge is -1.94. The second-order valence-electron chi connectivity index (χ2n) is 2.55. The fraction of sp³-hybridized carbons (Fsp3) is 0.125. The predicted molar refractivity (Wildman–Crippen MR) is 51.6 cm³/mol. The summed E-state index contributed by atoms with van der Waals surface area (Å²) in [4.78, 5) is 16.4. The first-order valence-corrected chi connectivity index (χ1v) is 4.69. The Labute approximate surface area is 76.9 Å². The van der Waals surface area contributed by atoms with E-state index in [-0.39, 0.29) is 5.69 Å². The summed E-state index contributed by atoms with van der Waals surface area (Å²) in [5.74, 6) is 0.